The highest BCUT2D eigenvalue weighted by Gasteiger charge is 2.35. The van der Waals surface area contributed by atoms with Crippen molar-refractivity contribution in [1.82, 2.24) is 10.1 Å². The molecule has 1 fully saturated rings. The van der Waals surface area contributed by atoms with Gasteiger partial charge in [0.25, 0.3) is 0 Å². The molecule has 2 aromatic carbocycles. The highest BCUT2D eigenvalue weighted by Crippen LogP contribution is 2.46. The summed E-state index contributed by atoms with van der Waals surface area (Å²) in [7, 11) is 0. The molecular formula is C24H20N2O2. The molecule has 1 aliphatic rings. The summed E-state index contributed by atoms with van der Waals surface area (Å²) in [6, 6.07) is 22.2. The minimum atomic E-state index is -0.806. The van der Waals surface area contributed by atoms with Crippen LogP contribution >= 0.6 is 0 Å². The Hall–Kier alpha value is -3.24. The largest absolute Gasteiger partial charge is 0.383 e. The zero-order valence-corrected chi connectivity index (χ0v) is 15.3. The van der Waals surface area contributed by atoms with Gasteiger partial charge in [-0.2, -0.15) is 0 Å². The van der Waals surface area contributed by atoms with Crippen molar-refractivity contribution >= 4 is 0 Å². The third kappa shape index (κ3) is 3.12. The first-order chi connectivity index (χ1) is 13.8. The van der Waals surface area contributed by atoms with Crippen molar-refractivity contribution in [2.24, 2.45) is 0 Å². The van der Waals surface area contributed by atoms with E-state index in [4.69, 9.17) is 4.52 Å². The average molecular weight is 368 g/mol. The molecule has 4 heteroatoms. The minimum Gasteiger partial charge on any atom is -0.383 e. The van der Waals surface area contributed by atoms with E-state index in [-0.39, 0.29) is 0 Å². The van der Waals surface area contributed by atoms with E-state index < -0.39 is 6.10 Å². The van der Waals surface area contributed by atoms with Crippen LogP contribution in [0, 0.1) is 0 Å². The number of aromatic nitrogens is 2. The Labute approximate surface area is 163 Å². The number of pyridine rings is 1. The van der Waals surface area contributed by atoms with Crippen molar-refractivity contribution < 1.29 is 9.63 Å². The molecule has 0 amide bonds. The molecule has 0 aliphatic heterocycles. The summed E-state index contributed by atoms with van der Waals surface area (Å²) in [6.07, 6.45) is 4.74. The van der Waals surface area contributed by atoms with E-state index in [1.165, 1.54) is 5.56 Å². The number of aliphatic hydroxyl groups is 1. The summed E-state index contributed by atoms with van der Waals surface area (Å²) in [5.74, 6) is 1.16. The SMILES string of the molecule is OC(c1cccnc1)c1c(-c2ccc(-c3ccccc3)cc2)noc1C1CC1. The molecule has 1 N–H and O–H groups in total. The molecule has 28 heavy (non-hydrogen) atoms. The van der Waals surface area contributed by atoms with Gasteiger partial charge in [-0.3, -0.25) is 4.98 Å². The predicted molar refractivity (Wildman–Crippen MR) is 108 cm³/mol. The Morgan fingerprint density at radius 1 is 0.857 bits per heavy atom. The molecule has 1 aliphatic carbocycles. The number of nitrogens with zero attached hydrogens (tertiary/aromatic N) is 2. The van der Waals surface area contributed by atoms with Crippen molar-refractivity contribution in [1.29, 1.82) is 0 Å². The minimum absolute atomic E-state index is 0.353. The van der Waals surface area contributed by atoms with Crippen LogP contribution in [0.4, 0.5) is 0 Å². The summed E-state index contributed by atoms with van der Waals surface area (Å²) in [5, 5.41) is 15.4. The summed E-state index contributed by atoms with van der Waals surface area (Å²) in [4.78, 5) is 4.14. The van der Waals surface area contributed by atoms with Crippen molar-refractivity contribution in [2.45, 2.75) is 24.9 Å². The molecule has 1 saturated carbocycles. The van der Waals surface area contributed by atoms with Crippen molar-refractivity contribution in [3.63, 3.8) is 0 Å². The molecule has 2 heterocycles. The lowest BCUT2D eigenvalue weighted by Crippen LogP contribution is -2.03. The van der Waals surface area contributed by atoms with Gasteiger partial charge in [-0.15, -0.1) is 0 Å². The van der Waals surface area contributed by atoms with E-state index in [0.717, 1.165) is 40.9 Å². The van der Waals surface area contributed by atoms with Crippen LogP contribution in [0.25, 0.3) is 22.4 Å². The maximum atomic E-state index is 11.1. The van der Waals surface area contributed by atoms with E-state index in [0.29, 0.717) is 11.6 Å². The molecule has 5 rings (SSSR count). The summed E-state index contributed by atoms with van der Waals surface area (Å²) in [5.41, 5.74) is 5.47. The predicted octanol–water partition coefficient (Wildman–Crippen LogP) is 5.36. The fraction of sp³-hybridized carbons (Fsp3) is 0.167. The number of aliphatic hydroxyl groups excluding tert-OH is 1. The van der Waals surface area contributed by atoms with Gasteiger partial charge in [-0.1, -0.05) is 65.8 Å². The zero-order valence-electron chi connectivity index (χ0n) is 15.3. The smallest absolute Gasteiger partial charge is 0.146 e. The average Bonchev–Trinajstić information content (AvgIpc) is 3.53. The Balaban J connectivity index is 1.55. The summed E-state index contributed by atoms with van der Waals surface area (Å²) in [6.45, 7) is 0. The van der Waals surface area contributed by atoms with Crippen molar-refractivity contribution in [3.05, 3.63) is 96.0 Å². The standard InChI is InChI=1S/C24H20N2O2/c27-23(20-7-4-14-25-15-20)21-22(26-28-24(21)19-12-13-19)18-10-8-17(9-11-18)16-5-2-1-3-6-16/h1-11,14-15,19,23,27H,12-13H2. The van der Waals surface area contributed by atoms with Crippen LogP contribution in [0.1, 0.15) is 41.8 Å². The topological polar surface area (TPSA) is 59.2 Å². The number of hydrogen-bond donors (Lipinski definition) is 1. The summed E-state index contributed by atoms with van der Waals surface area (Å²) >= 11 is 0. The zero-order chi connectivity index (χ0) is 18.9. The van der Waals surface area contributed by atoms with Gasteiger partial charge in [-0.25, -0.2) is 0 Å². The van der Waals surface area contributed by atoms with Crippen LogP contribution < -0.4 is 0 Å². The molecule has 1 atom stereocenters. The molecule has 1 unspecified atom stereocenters. The molecule has 2 aromatic heterocycles. The molecular weight excluding hydrogens is 348 g/mol. The monoisotopic (exact) mass is 368 g/mol. The molecule has 0 radical (unpaired) electrons. The molecule has 4 aromatic rings. The lowest BCUT2D eigenvalue weighted by Gasteiger charge is -2.12. The van der Waals surface area contributed by atoms with Gasteiger partial charge < -0.3 is 9.63 Å². The van der Waals surface area contributed by atoms with Gasteiger partial charge in [0.2, 0.25) is 0 Å². The Morgan fingerprint density at radius 2 is 1.57 bits per heavy atom. The van der Waals surface area contributed by atoms with Crippen LogP contribution in [-0.2, 0) is 0 Å². The maximum Gasteiger partial charge on any atom is 0.146 e. The van der Waals surface area contributed by atoms with Gasteiger partial charge in [0.15, 0.2) is 0 Å². The molecule has 4 nitrogen and oxygen atoms in total. The van der Waals surface area contributed by atoms with Gasteiger partial charge >= 0.3 is 0 Å². The van der Waals surface area contributed by atoms with Gasteiger partial charge in [-0.05, 0) is 30.0 Å². The molecule has 0 saturated heterocycles. The Morgan fingerprint density at radius 3 is 2.25 bits per heavy atom. The van der Waals surface area contributed by atoms with Crippen LogP contribution in [0.15, 0.2) is 83.6 Å². The third-order valence-electron chi connectivity index (χ3n) is 5.24. The highest BCUT2D eigenvalue weighted by atomic mass is 16.5. The van der Waals surface area contributed by atoms with E-state index in [1.54, 1.807) is 12.4 Å². The third-order valence-corrected chi connectivity index (χ3v) is 5.24. The quantitative estimate of drug-likeness (QED) is 0.515. The first kappa shape index (κ1) is 16.9. The van der Waals surface area contributed by atoms with Gasteiger partial charge in [0.1, 0.15) is 17.6 Å². The van der Waals surface area contributed by atoms with Crippen LogP contribution in [0.3, 0.4) is 0 Å². The number of benzene rings is 2. The fourth-order valence-corrected chi connectivity index (χ4v) is 3.58. The Kier molecular flexibility index (Phi) is 4.26. The summed E-state index contributed by atoms with van der Waals surface area (Å²) < 4.78 is 5.70. The lowest BCUT2D eigenvalue weighted by molar-refractivity contribution is 0.217. The second-order valence-corrected chi connectivity index (χ2v) is 7.22. The molecule has 138 valence electrons. The number of hydrogen-bond acceptors (Lipinski definition) is 4. The highest BCUT2D eigenvalue weighted by molar-refractivity contribution is 5.71. The first-order valence-electron chi connectivity index (χ1n) is 9.54. The van der Waals surface area contributed by atoms with Crippen molar-refractivity contribution in [3.8, 4) is 22.4 Å². The first-order valence-corrected chi connectivity index (χ1v) is 9.54. The van der Waals surface area contributed by atoms with Crippen LogP contribution in [0.2, 0.25) is 0 Å². The van der Waals surface area contributed by atoms with E-state index in [2.05, 4.69) is 34.4 Å². The maximum absolute atomic E-state index is 11.1. The number of rotatable bonds is 5. The molecule has 0 spiro atoms. The van der Waals surface area contributed by atoms with Crippen LogP contribution in [-0.4, -0.2) is 15.2 Å². The van der Waals surface area contributed by atoms with E-state index in [9.17, 15) is 5.11 Å². The van der Waals surface area contributed by atoms with Crippen molar-refractivity contribution in [2.75, 3.05) is 0 Å². The molecule has 0 bridgehead atoms. The van der Waals surface area contributed by atoms with Gasteiger partial charge in [0.05, 0.1) is 5.56 Å². The normalized spacial score (nSPS) is 14.8. The Bertz CT molecular complexity index is 1070. The van der Waals surface area contributed by atoms with E-state index in [1.807, 2.05) is 42.5 Å². The van der Waals surface area contributed by atoms with Gasteiger partial charge in [0, 0.05) is 29.4 Å². The lowest BCUT2D eigenvalue weighted by atomic mass is 9.95. The fourth-order valence-electron chi connectivity index (χ4n) is 3.58. The second-order valence-electron chi connectivity index (χ2n) is 7.22. The second kappa shape index (κ2) is 7.06. The van der Waals surface area contributed by atoms with Crippen LogP contribution in [0.5, 0.6) is 0 Å². The van der Waals surface area contributed by atoms with E-state index >= 15 is 0 Å².